The van der Waals surface area contributed by atoms with Gasteiger partial charge in [0.1, 0.15) is 0 Å². The van der Waals surface area contributed by atoms with Gasteiger partial charge in [0.05, 0.1) is 16.1 Å². The maximum Gasteiger partial charge on any atom is 0.265 e. The van der Waals surface area contributed by atoms with Crippen LogP contribution in [0.25, 0.3) is 10.9 Å². The van der Waals surface area contributed by atoms with Gasteiger partial charge in [0.15, 0.2) is 0 Å². The van der Waals surface area contributed by atoms with Gasteiger partial charge in [-0.3, -0.25) is 9.78 Å². The van der Waals surface area contributed by atoms with Gasteiger partial charge in [-0.05, 0) is 42.6 Å². The summed E-state index contributed by atoms with van der Waals surface area (Å²) in [6.07, 6.45) is 0. The Morgan fingerprint density at radius 3 is 2.84 bits per heavy atom. The number of thiophene rings is 1. The number of carbonyl (C=O) groups excluding carboxylic acids is 1. The van der Waals surface area contributed by atoms with Crippen LogP contribution in [0.2, 0.25) is 0 Å². The van der Waals surface area contributed by atoms with E-state index in [1.807, 2.05) is 54.8 Å². The summed E-state index contributed by atoms with van der Waals surface area (Å²) >= 11 is 1.43. The summed E-state index contributed by atoms with van der Waals surface area (Å²) in [5.41, 5.74) is 2.65. The maximum absolute atomic E-state index is 12.1. The number of nitrogens with one attached hydrogen (secondary N) is 1. The monoisotopic (exact) mass is 268 g/mol. The Labute approximate surface area is 114 Å². The Morgan fingerprint density at radius 1 is 1.16 bits per heavy atom. The zero-order valence-electron chi connectivity index (χ0n) is 10.4. The van der Waals surface area contributed by atoms with E-state index in [0.29, 0.717) is 4.88 Å². The molecule has 2 heterocycles. The summed E-state index contributed by atoms with van der Waals surface area (Å²) in [5.74, 6) is -0.0805. The van der Waals surface area contributed by atoms with Crippen molar-refractivity contribution in [3.05, 3.63) is 58.4 Å². The quantitative estimate of drug-likeness (QED) is 0.767. The molecule has 3 nitrogen and oxygen atoms in total. The fourth-order valence-corrected chi connectivity index (χ4v) is 2.58. The van der Waals surface area contributed by atoms with E-state index in [4.69, 9.17) is 0 Å². The number of aromatic nitrogens is 1. The van der Waals surface area contributed by atoms with Gasteiger partial charge < -0.3 is 5.32 Å². The average Bonchev–Trinajstić information content (AvgIpc) is 2.92. The molecule has 94 valence electrons. The van der Waals surface area contributed by atoms with Crippen molar-refractivity contribution < 1.29 is 4.79 Å². The van der Waals surface area contributed by atoms with Crippen LogP contribution in [0.4, 0.5) is 5.69 Å². The number of aryl methyl sites for hydroxylation is 1. The lowest BCUT2D eigenvalue weighted by molar-refractivity contribution is 0.103. The number of pyridine rings is 1. The highest BCUT2D eigenvalue weighted by Gasteiger charge is 2.09. The van der Waals surface area contributed by atoms with Crippen molar-refractivity contribution in [2.45, 2.75) is 6.92 Å². The molecule has 0 aliphatic carbocycles. The van der Waals surface area contributed by atoms with Gasteiger partial charge in [0.25, 0.3) is 5.91 Å². The highest BCUT2D eigenvalue weighted by Crippen LogP contribution is 2.23. The Balaban J connectivity index is 1.99. The van der Waals surface area contributed by atoms with E-state index in [-0.39, 0.29) is 5.91 Å². The van der Waals surface area contributed by atoms with Gasteiger partial charge >= 0.3 is 0 Å². The number of carbonyl (C=O) groups is 1. The van der Waals surface area contributed by atoms with Crippen molar-refractivity contribution in [3.8, 4) is 0 Å². The minimum Gasteiger partial charge on any atom is -0.321 e. The predicted molar refractivity (Wildman–Crippen MR) is 78.8 cm³/mol. The predicted octanol–water partition coefficient (Wildman–Crippen LogP) is 3.86. The van der Waals surface area contributed by atoms with Crippen molar-refractivity contribution in [2.24, 2.45) is 0 Å². The third-order valence-corrected chi connectivity index (χ3v) is 3.73. The molecule has 0 saturated heterocycles. The molecule has 4 heteroatoms. The second-order valence-corrected chi connectivity index (χ2v) is 5.20. The molecule has 0 saturated carbocycles. The normalized spacial score (nSPS) is 10.6. The van der Waals surface area contributed by atoms with Crippen LogP contribution in [0.3, 0.4) is 0 Å². The summed E-state index contributed by atoms with van der Waals surface area (Å²) in [4.78, 5) is 17.2. The van der Waals surface area contributed by atoms with Crippen LogP contribution in [-0.2, 0) is 0 Å². The SMILES string of the molecule is Cc1ccc2c(NC(=O)c3cccs3)cccc2n1. The molecule has 0 atom stereocenters. The van der Waals surface area contributed by atoms with E-state index in [1.54, 1.807) is 0 Å². The lowest BCUT2D eigenvalue weighted by atomic mass is 10.1. The molecular formula is C15H12N2OS. The zero-order valence-corrected chi connectivity index (χ0v) is 11.2. The van der Waals surface area contributed by atoms with Crippen LogP contribution in [0, 0.1) is 6.92 Å². The Morgan fingerprint density at radius 2 is 2.05 bits per heavy atom. The molecule has 0 aliphatic rings. The fraction of sp³-hybridized carbons (Fsp3) is 0.0667. The van der Waals surface area contributed by atoms with E-state index >= 15 is 0 Å². The zero-order chi connectivity index (χ0) is 13.2. The van der Waals surface area contributed by atoms with E-state index in [2.05, 4.69) is 10.3 Å². The average molecular weight is 268 g/mol. The number of hydrogen-bond acceptors (Lipinski definition) is 3. The van der Waals surface area contributed by atoms with Crippen molar-refractivity contribution >= 4 is 33.8 Å². The first-order chi connectivity index (χ1) is 9.24. The third-order valence-electron chi connectivity index (χ3n) is 2.86. The first-order valence-electron chi connectivity index (χ1n) is 5.95. The second-order valence-electron chi connectivity index (χ2n) is 4.26. The number of amides is 1. The van der Waals surface area contributed by atoms with Gasteiger partial charge in [-0.1, -0.05) is 12.1 Å². The van der Waals surface area contributed by atoms with E-state index in [1.165, 1.54) is 11.3 Å². The van der Waals surface area contributed by atoms with Gasteiger partial charge in [0.2, 0.25) is 0 Å². The first-order valence-corrected chi connectivity index (χ1v) is 6.83. The molecule has 0 spiro atoms. The van der Waals surface area contributed by atoms with Crippen LogP contribution in [0.15, 0.2) is 47.8 Å². The molecule has 3 rings (SSSR count). The number of anilines is 1. The minimum absolute atomic E-state index is 0.0805. The number of rotatable bonds is 2. The molecular weight excluding hydrogens is 256 g/mol. The van der Waals surface area contributed by atoms with Crippen LogP contribution < -0.4 is 5.32 Å². The highest BCUT2D eigenvalue weighted by molar-refractivity contribution is 7.12. The summed E-state index contributed by atoms with van der Waals surface area (Å²) in [5, 5.41) is 5.79. The largest absolute Gasteiger partial charge is 0.321 e. The minimum atomic E-state index is -0.0805. The highest BCUT2D eigenvalue weighted by atomic mass is 32.1. The number of hydrogen-bond donors (Lipinski definition) is 1. The van der Waals surface area contributed by atoms with E-state index in [0.717, 1.165) is 22.3 Å². The molecule has 3 aromatic rings. The fourth-order valence-electron chi connectivity index (χ4n) is 1.96. The molecule has 2 aromatic heterocycles. The van der Waals surface area contributed by atoms with Gasteiger partial charge in [-0.25, -0.2) is 0 Å². The van der Waals surface area contributed by atoms with Gasteiger partial charge in [-0.15, -0.1) is 11.3 Å². The van der Waals surface area contributed by atoms with E-state index < -0.39 is 0 Å². The summed E-state index contributed by atoms with van der Waals surface area (Å²) in [6.45, 7) is 1.95. The lowest BCUT2D eigenvalue weighted by Crippen LogP contribution is -2.10. The van der Waals surface area contributed by atoms with Crippen molar-refractivity contribution in [2.75, 3.05) is 5.32 Å². The van der Waals surface area contributed by atoms with Crippen LogP contribution in [-0.4, -0.2) is 10.9 Å². The third kappa shape index (κ3) is 2.35. The topological polar surface area (TPSA) is 42.0 Å². The van der Waals surface area contributed by atoms with Crippen molar-refractivity contribution in [1.82, 2.24) is 4.98 Å². The Hall–Kier alpha value is -2.20. The van der Waals surface area contributed by atoms with Crippen LogP contribution >= 0.6 is 11.3 Å². The number of fused-ring (bicyclic) bond motifs is 1. The molecule has 0 bridgehead atoms. The molecule has 1 aromatic carbocycles. The van der Waals surface area contributed by atoms with Gasteiger partial charge in [0, 0.05) is 11.1 Å². The standard InChI is InChI=1S/C15H12N2OS/c1-10-7-8-11-12(16-10)4-2-5-13(11)17-15(18)14-6-3-9-19-14/h2-9H,1H3,(H,17,18). The Kier molecular flexibility index (Phi) is 3.01. The molecule has 0 unspecified atom stereocenters. The maximum atomic E-state index is 12.1. The Bertz CT molecular complexity index is 735. The number of nitrogens with zero attached hydrogens (tertiary/aromatic N) is 1. The second kappa shape index (κ2) is 4.82. The van der Waals surface area contributed by atoms with Crippen molar-refractivity contribution in [3.63, 3.8) is 0 Å². The lowest BCUT2D eigenvalue weighted by Gasteiger charge is -2.07. The molecule has 0 fully saturated rings. The summed E-state index contributed by atoms with van der Waals surface area (Å²) in [7, 11) is 0. The number of benzene rings is 1. The van der Waals surface area contributed by atoms with Crippen molar-refractivity contribution in [1.29, 1.82) is 0 Å². The molecule has 0 radical (unpaired) electrons. The van der Waals surface area contributed by atoms with Crippen LogP contribution in [0.1, 0.15) is 15.4 Å². The van der Waals surface area contributed by atoms with Crippen LogP contribution in [0.5, 0.6) is 0 Å². The van der Waals surface area contributed by atoms with E-state index in [9.17, 15) is 4.79 Å². The molecule has 1 N–H and O–H groups in total. The molecule has 19 heavy (non-hydrogen) atoms. The first kappa shape index (κ1) is 11.9. The summed E-state index contributed by atoms with van der Waals surface area (Å²) in [6, 6.07) is 13.4. The smallest absolute Gasteiger partial charge is 0.265 e. The summed E-state index contributed by atoms with van der Waals surface area (Å²) < 4.78 is 0. The van der Waals surface area contributed by atoms with Gasteiger partial charge in [-0.2, -0.15) is 0 Å². The molecule has 1 amide bonds. The molecule has 0 aliphatic heterocycles.